The number of methoxy groups -OCH3 is 2. The van der Waals surface area contributed by atoms with Crippen LogP contribution in [0.1, 0.15) is 13.8 Å². The van der Waals surface area contributed by atoms with E-state index in [1.54, 1.807) is 19.1 Å². The Morgan fingerprint density at radius 2 is 1.82 bits per heavy atom. The first-order valence-electron chi connectivity index (χ1n) is 11.2. The molecule has 1 aliphatic rings. The number of carbonyl (C=O) groups is 2. The van der Waals surface area contributed by atoms with E-state index in [1.807, 2.05) is 55.1 Å². The van der Waals surface area contributed by atoms with Crippen LogP contribution in [-0.4, -0.2) is 91.9 Å². The summed E-state index contributed by atoms with van der Waals surface area (Å²) >= 11 is 0. The molecule has 1 aromatic heterocycles. The first-order chi connectivity index (χ1) is 15.9. The molecule has 2 aromatic rings. The molecule has 0 atom stereocenters. The summed E-state index contributed by atoms with van der Waals surface area (Å²) in [7, 11) is 3.23. The Morgan fingerprint density at radius 3 is 2.42 bits per heavy atom. The molecule has 0 N–H and O–H groups in total. The van der Waals surface area contributed by atoms with Gasteiger partial charge in [0.15, 0.2) is 5.82 Å². The van der Waals surface area contributed by atoms with Gasteiger partial charge in [-0.1, -0.05) is 26.0 Å². The van der Waals surface area contributed by atoms with Crippen molar-refractivity contribution in [3.8, 4) is 17.0 Å². The Labute approximate surface area is 195 Å². The Balaban J connectivity index is 1.56. The topological polar surface area (TPSA) is 88.1 Å². The monoisotopic (exact) mass is 455 g/mol. The lowest BCUT2D eigenvalue weighted by molar-refractivity contribution is -0.143. The molecule has 178 valence electrons. The lowest BCUT2D eigenvalue weighted by Crippen LogP contribution is -2.52. The van der Waals surface area contributed by atoms with Crippen LogP contribution in [0.15, 0.2) is 36.4 Å². The third kappa shape index (κ3) is 6.41. The number of piperazine rings is 1. The van der Waals surface area contributed by atoms with Gasteiger partial charge in [-0.2, -0.15) is 0 Å². The molecular weight excluding hydrogens is 422 g/mol. The number of carbonyl (C=O) groups excluding carboxylic acids is 2. The van der Waals surface area contributed by atoms with Gasteiger partial charge in [-0.25, -0.2) is 0 Å². The van der Waals surface area contributed by atoms with Crippen LogP contribution in [0, 0.1) is 5.92 Å². The molecule has 0 radical (unpaired) electrons. The summed E-state index contributed by atoms with van der Waals surface area (Å²) in [6, 6.07) is 11.6. The van der Waals surface area contributed by atoms with Crippen molar-refractivity contribution >= 4 is 17.6 Å². The number of benzene rings is 1. The highest BCUT2D eigenvalue weighted by Gasteiger charge is 2.26. The van der Waals surface area contributed by atoms with Gasteiger partial charge in [0.05, 0.1) is 26.0 Å². The molecule has 1 aromatic carbocycles. The summed E-state index contributed by atoms with van der Waals surface area (Å²) in [5.41, 5.74) is 1.72. The molecule has 1 saturated heterocycles. The number of hydrogen-bond acceptors (Lipinski definition) is 7. The number of nitrogens with zero attached hydrogens (tertiary/aromatic N) is 5. The Kier molecular flexibility index (Phi) is 8.59. The van der Waals surface area contributed by atoms with E-state index in [9.17, 15) is 9.59 Å². The van der Waals surface area contributed by atoms with Crippen LogP contribution in [0.2, 0.25) is 0 Å². The highest BCUT2D eigenvalue weighted by molar-refractivity contribution is 5.85. The normalized spacial score (nSPS) is 13.8. The third-order valence-corrected chi connectivity index (χ3v) is 5.67. The second-order valence-corrected chi connectivity index (χ2v) is 8.28. The first-order valence-corrected chi connectivity index (χ1v) is 11.2. The summed E-state index contributed by atoms with van der Waals surface area (Å²) in [4.78, 5) is 30.8. The van der Waals surface area contributed by atoms with Gasteiger partial charge in [0.2, 0.25) is 11.8 Å². The zero-order chi connectivity index (χ0) is 23.8. The molecule has 0 saturated carbocycles. The van der Waals surface area contributed by atoms with E-state index >= 15 is 0 Å². The molecule has 33 heavy (non-hydrogen) atoms. The van der Waals surface area contributed by atoms with Crippen LogP contribution in [-0.2, 0) is 14.3 Å². The average molecular weight is 456 g/mol. The van der Waals surface area contributed by atoms with Crippen molar-refractivity contribution in [2.24, 2.45) is 5.92 Å². The molecule has 9 nitrogen and oxygen atoms in total. The second-order valence-electron chi connectivity index (χ2n) is 8.28. The van der Waals surface area contributed by atoms with Crippen LogP contribution in [0.25, 0.3) is 11.3 Å². The predicted molar refractivity (Wildman–Crippen MR) is 126 cm³/mol. The molecule has 1 aliphatic heterocycles. The van der Waals surface area contributed by atoms with Crippen LogP contribution in [0.4, 0.5) is 5.82 Å². The van der Waals surface area contributed by atoms with Crippen molar-refractivity contribution in [3.05, 3.63) is 36.4 Å². The van der Waals surface area contributed by atoms with Crippen LogP contribution < -0.4 is 9.64 Å². The third-order valence-electron chi connectivity index (χ3n) is 5.67. The number of aromatic nitrogens is 2. The van der Waals surface area contributed by atoms with Gasteiger partial charge in [-0.3, -0.25) is 9.59 Å². The maximum absolute atomic E-state index is 12.8. The number of rotatable bonds is 9. The predicted octanol–water partition coefficient (Wildman–Crippen LogP) is 1.93. The lowest BCUT2D eigenvalue weighted by Gasteiger charge is -2.36. The molecule has 0 unspecified atom stereocenters. The molecule has 9 heteroatoms. The fourth-order valence-corrected chi connectivity index (χ4v) is 3.71. The highest BCUT2D eigenvalue weighted by Crippen LogP contribution is 2.23. The van der Waals surface area contributed by atoms with E-state index in [0.29, 0.717) is 39.3 Å². The van der Waals surface area contributed by atoms with Crippen molar-refractivity contribution < 1.29 is 19.1 Å². The van der Waals surface area contributed by atoms with Crippen LogP contribution >= 0.6 is 0 Å². The molecule has 1 fully saturated rings. The van der Waals surface area contributed by atoms with Crippen molar-refractivity contribution in [3.63, 3.8) is 0 Å². The molecule has 3 rings (SSSR count). The molecule has 2 heterocycles. The summed E-state index contributed by atoms with van der Waals surface area (Å²) in [6.45, 7) is 7.05. The number of amides is 2. The van der Waals surface area contributed by atoms with Crippen molar-refractivity contribution in [1.29, 1.82) is 0 Å². The Morgan fingerprint density at radius 1 is 1.06 bits per heavy atom. The van der Waals surface area contributed by atoms with E-state index in [-0.39, 0.29) is 24.3 Å². The number of ether oxygens (including phenoxy) is 2. The van der Waals surface area contributed by atoms with E-state index in [1.165, 1.54) is 0 Å². The zero-order valence-electron chi connectivity index (χ0n) is 19.9. The van der Waals surface area contributed by atoms with Crippen LogP contribution in [0.5, 0.6) is 5.75 Å². The minimum Gasteiger partial charge on any atom is -0.497 e. The van der Waals surface area contributed by atoms with Gasteiger partial charge in [0.1, 0.15) is 5.75 Å². The largest absolute Gasteiger partial charge is 0.497 e. The van der Waals surface area contributed by atoms with E-state index < -0.39 is 0 Å². The van der Waals surface area contributed by atoms with Gasteiger partial charge in [-0.05, 0) is 24.3 Å². The van der Waals surface area contributed by atoms with Gasteiger partial charge in [-0.15, -0.1) is 10.2 Å². The maximum Gasteiger partial charge on any atom is 0.242 e. The zero-order valence-corrected chi connectivity index (χ0v) is 19.9. The summed E-state index contributed by atoms with van der Waals surface area (Å²) < 4.78 is 10.4. The number of hydrogen-bond donors (Lipinski definition) is 0. The highest BCUT2D eigenvalue weighted by atomic mass is 16.5. The van der Waals surface area contributed by atoms with Gasteiger partial charge in [0.25, 0.3) is 0 Å². The minimum atomic E-state index is -0.162. The average Bonchev–Trinajstić information content (AvgIpc) is 2.86. The first kappa shape index (κ1) is 24.4. The molecule has 2 amide bonds. The SMILES string of the molecule is COCCN(CC(=O)N1CCN(c2ccc(-c3cccc(OC)c3)nn2)CC1)C(=O)C(C)C. The van der Waals surface area contributed by atoms with E-state index in [4.69, 9.17) is 9.47 Å². The van der Waals surface area contributed by atoms with Crippen LogP contribution in [0.3, 0.4) is 0 Å². The Hall–Kier alpha value is -3.20. The summed E-state index contributed by atoms with van der Waals surface area (Å²) in [5, 5.41) is 8.77. The lowest BCUT2D eigenvalue weighted by atomic mass is 10.1. The number of anilines is 1. The second kappa shape index (κ2) is 11.6. The maximum atomic E-state index is 12.8. The molecule has 0 spiro atoms. The molecule has 0 bridgehead atoms. The minimum absolute atomic E-state index is 0.0366. The quantitative estimate of drug-likeness (QED) is 0.571. The van der Waals surface area contributed by atoms with Gasteiger partial charge >= 0.3 is 0 Å². The fourth-order valence-electron chi connectivity index (χ4n) is 3.71. The standard InChI is InChI=1S/C24H33N5O4/c1-18(2)24(31)29(14-15-32-3)17-23(30)28-12-10-27(11-13-28)22-9-8-21(25-26-22)19-6-5-7-20(16-19)33-4/h5-9,16,18H,10-15,17H2,1-4H3. The Bertz CT molecular complexity index is 927. The van der Waals surface area contributed by atoms with E-state index in [2.05, 4.69) is 15.1 Å². The van der Waals surface area contributed by atoms with Gasteiger partial charge < -0.3 is 24.2 Å². The molecular formula is C24H33N5O4. The fraction of sp³-hybridized carbons (Fsp3) is 0.500. The summed E-state index contributed by atoms with van der Waals surface area (Å²) in [5.74, 6) is 1.31. The van der Waals surface area contributed by atoms with Crippen molar-refractivity contribution in [1.82, 2.24) is 20.0 Å². The van der Waals surface area contributed by atoms with Crippen molar-refractivity contribution in [2.75, 3.05) is 65.0 Å². The molecule has 0 aliphatic carbocycles. The summed E-state index contributed by atoms with van der Waals surface area (Å²) in [6.07, 6.45) is 0. The smallest absolute Gasteiger partial charge is 0.242 e. The van der Waals surface area contributed by atoms with Crippen molar-refractivity contribution in [2.45, 2.75) is 13.8 Å². The van der Waals surface area contributed by atoms with Gasteiger partial charge in [0, 0.05) is 51.3 Å². The van der Waals surface area contributed by atoms with E-state index in [0.717, 1.165) is 22.8 Å².